The first-order chi connectivity index (χ1) is 9.88. The summed E-state index contributed by atoms with van der Waals surface area (Å²) in [5.74, 6) is -1.50. The van der Waals surface area contributed by atoms with Crippen LogP contribution in [0.5, 0.6) is 5.75 Å². The number of halogens is 1. The molecule has 0 aliphatic rings. The molecule has 0 saturated carbocycles. The van der Waals surface area contributed by atoms with E-state index >= 15 is 0 Å². The first kappa shape index (κ1) is 15.4. The Balaban J connectivity index is 2.35. The minimum atomic E-state index is -0.869. The van der Waals surface area contributed by atoms with E-state index in [1.807, 2.05) is 32.0 Å². The molecule has 2 rings (SSSR count). The van der Waals surface area contributed by atoms with E-state index in [0.29, 0.717) is 6.42 Å². The largest absolute Gasteiger partial charge is 0.506 e. The fourth-order valence-corrected chi connectivity index (χ4v) is 2.66. The summed E-state index contributed by atoms with van der Waals surface area (Å²) < 4.78 is 0. The number of carbonyl (C=O) groups is 1. The van der Waals surface area contributed by atoms with Gasteiger partial charge in [-0.2, -0.15) is 0 Å². The molecule has 2 aromatic rings. The first-order valence-electron chi connectivity index (χ1n) is 6.66. The molecule has 2 N–H and O–H groups in total. The Morgan fingerprint density at radius 3 is 2.48 bits per heavy atom. The standard InChI is InChI=1S/C17H17ClO3/c1-10-3-5-13(11(2)7-10)14(17(20)21)8-12-4-6-16(19)15(18)9-12/h3-7,9,14,19H,8H2,1-2H3,(H,20,21). The Morgan fingerprint density at radius 1 is 1.19 bits per heavy atom. The first-order valence-corrected chi connectivity index (χ1v) is 7.03. The maximum absolute atomic E-state index is 11.6. The lowest BCUT2D eigenvalue weighted by Gasteiger charge is -2.16. The van der Waals surface area contributed by atoms with Crippen molar-refractivity contribution in [2.45, 2.75) is 26.2 Å². The monoisotopic (exact) mass is 304 g/mol. The maximum atomic E-state index is 11.6. The van der Waals surface area contributed by atoms with Crippen molar-refractivity contribution in [3.05, 3.63) is 63.7 Å². The van der Waals surface area contributed by atoms with Crippen molar-refractivity contribution < 1.29 is 15.0 Å². The number of benzene rings is 2. The van der Waals surface area contributed by atoms with Crippen LogP contribution in [0.4, 0.5) is 0 Å². The topological polar surface area (TPSA) is 57.5 Å². The Kier molecular flexibility index (Phi) is 4.53. The number of aryl methyl sites for hydroxylation is 2. The van der Waals surface area contributed by atoms with E-state index in [1.165, 1.54) is 6.07 Å². The van der Waals surface area contributed by atoms with Crippen molar-refractivity contribution in [1.29, 1.82) is 0 Å². The number of hydrogen-bond donors (Lipinski definition) is 2. The van der Waals surface area contributed by atoms with Gasteiger partial charge in [0.05, 0.1) is 10.9 Å². The van der Waals surface area contributed by atoms with Gasteiger partial charge >= 0.3 is 5.97 Å². The van der Waals surface area contributed by atoms with Crippen molar-refractivity contribution >= 4 is 17.6 Å². The molecule has 0 amide bonds. The smallest absolute Gasteiger partial charge is 0.311 e. The Labute approximate surface area is 128 Å². The summed E-state index contributed by atoms with van der Waals surface area (Å²) in [5.41, 5.74) is 3.66. The van der Waals surface area contributed by atoms with Crippen LogP contribution in [0.3, 0.4) is 0 Å². The van der Waals surface area contributed by atoms with Crippen LogP contribution >= 0.6 is 11.6 Å². The van der Waals surface area contributed by atoms with E-state index in [9.17, 15) is 15.0 Å². The number of aliphatic carboxylic acids is 1. The highest BCUT2D eigenvalue weighted by atomic mass is 35.5. The van der Waals surface area contributed by atoms with Crippen LogP contribution in [0.1, 0.15) is 28.2 Å². The molecule has 0 spiro atoms. The van der Waals surface area contributed by atoms with Crippen molar-refractivity contribution in [2.75, 3.05) is 0 Å². The van der Waals surface area contributed by atoms with Crippen LogP contribution in [-0.4, -0.2) is 16.2 Å². The van der Waals surface area contributed by atoms with Gasteiger partial charge in [-0.3, -0.25) is 4.79 Å². The molecule has 0 fully saturated rings. The SMILES string of the molecule is Cc1ccc(C(Cc2ccc(O)c(Cl)c2)C(=O)O)c(C)c1. The molecular weight excluding hydrogens is 288 g/mol. The highest BCUT2D eigenvalue weighted by molar-refractivity contribution is 6.32. The molecule has 1 unspecified atom stereocenters. The highest BCUT2D eigenvalue weighted by Crippen LogP contribution is 2.29. The fraction of sp³-hybridized carbons (Fsp3) is 0.235. The molecule has 21 heavy (non-hydrogen) atoms. The van der Waals surface area contributed by atoms with Gasteiger partial charge in [-0.1, -0.05) is 41.4 Å². The van der Waals surface area contributed by atoms with Crippen molar-refractivity contribution in [2.24, 2.45) is 0 Å². The Hall–Kier alpha value is -2.00. The summed E-state index contributed by atoms with van der Waals surface area (Å²) in [6.45, 7) is 3.90. The van der Waals surface area contributed by atoms with E-state index in [2.05, 4.69) is 0 Å². The fourth-order valence-electron chi connectivity index (χ4n) is 2.46. The third-order valence-corrected chi connectivity index (χ3v) is 3.85. The molecule has 3 nitrogen and oxygen atoms in total. The van der Waals surface area contributed by atoms with Gasteiger partial charge in [0.15, 0.2) is 0 Å². The van der Waals surface area contributed by atoms with E-state index < -0.39 is 11.9 Å². The van der Waals surface area contributed by atoms with Crippen LogP contribution in [0, 0.1) is 13.8 Å². The molecule has 0 aromatic heterocycles. The van der Waals surface area contributed by atoms with Gasteiger partial charge in [0, 0.05) is 0 Å². The van der Waals surface area contributed by atoms with Crippen LogP contribution in [-0.2, 0) is 11.2 Å². The lowest BCUT2D eigenvalue weighted by atomic mass is 9.88. The van der Waals surface area contributed by atoms with Gasteiger partial charge < -0.3 is 10.2 Å². The average molecular weight is 305 g/mol. The third-order valence-electron chi connectivity index (χ3n) is 3.55. The molecule has 0 heterocycles. The van der Waals surface area contributed by atoms with Gasteiger partial charge in [0.25, 0.3) is 0 Å². The van der Waals surface area contributed by atoms with Gasteiger partial charge in [-0.25, -0.2) is 0 Å². The second-order valence-electron chi connectivity index (χ2n) is 5.24. The number of aromatic hydroxyl groups is 1. The number of carboxylic acid groups (broad SMARTS) is 1. The van der Waals surface area contributed by atoms with Crippen molar-refractivity contribution in [3.63, 3.8) is 0 Å². The number of phenols is 1. The molecular formula is C17H17ClO3. The predicted molar refractivity (Wildman–Crippen MR) is 83.1 cm³/mol. The summed E-state index contributed by atoms with van der Waals surface area (Å²) in [6, 6.07) is 10.6. The van der Waals surface area contributed by atoms with Crippen LogP contribution in [0.15, 0.2) is 36.4 Å². The second-order valence-corrected chi connectivity index (χ2v) is 5.65. The van der Waals surface area contributed by atoms with E-state index in [4.69, 9.17) is 11.6 Å². The van der Waals surface area contributed by atoms with Gasteiger partial charge in [-0.15, -0.1) is 0 Å². The van der Waals surface area contributed by atoms with E-state index in [0.717, 1.165) is 22.3 Å². The minimum Gasteiger partial charge on any atom is -0.506 e. The second kappa shape index (κ2) is 6.19. The molecule has 2 aromatic carbocycles. The van der Waals surface area contributed by atoms with Crippen LogP contribution in [0.2, 0.25) is 5.02 Å². The van der Waals surface area contributed by atoms with E-state index in [-0.39, 0.29) is 10.8 Å². The minimum absolute atomic E-state index is 0.00110. The van der Waals surface area contributed by atoms with Crippen LogP contribution in [0.25, 0.3) is 0 Å². The summed E-state index contributed by atoms with van der Waals surface area (Å²) in [6.07, 6.45) is 0.333. The summed E-state index contributed by atoms with van der Waals surface area (Å²) in [4.78, 5) is 11.6. The molecule has 0 bridgehead atoms. The van der Waals surface area contributed by atoms with Gasteiger partial charge in [0.1, 0.15) is 5.75 Å². The van der Waals surface area contributed by atoms with Gasteiger partial charge in [0.2, 0.25) is 0 Å². The van der Waals surface area contributed by atoms with Crippen LogP contribution < -0.4 is 0 Å². The molecule has 0 aliphatic heterocycles. The quantitative estimate of drug-likeness (QED) is 0.895. The summed E-state index contributed by atoms with van der Waals surface area (Å²) in [7, 11) is 0. The lowest BCUT2D eigenvalue weighted by molar-refractivity contribution is -0.138. The molecule has 0 aliphatic carbocycles. The van der Waals surface area contributed by atoms with Gasteiger partial charge in [-0.05, 0) is 49.1 Å². The summed E-state index contributed by atoms with van der Waals surface area (Å²) >= 11 is 5.88. The van der Waals surface area contributed by atoms with Crippen molar-refractivity contribution in [3.8, 4) is 5.75 Å². The zero-order valence-electron chi connectivity index (χ0n) is 11.9. The number of carboxylic acids is 1. The zero-order valence-corrected chi connectivity index (χ0v) is 12.7. The molecule has 0 radical (unpaired) electrons. The number of rotatable bonds is 4. The number of phenolic OH excluding ortho intramolecular Hbond substituents is 1. The molecule has 4 heteroatoms. The normalized spacial score (nSPS) is 12.1. The Bertz CT molecular complexity index is 680. The lowest BCUT2D eigenvalue weighted by Crippen LogP contribution is -2.15. The third kappa shape index (κ3) is 3.56. The molecule has 0 saturated heterocycles. The molecule has 1 atom stereocenters. The van der Waals surface area contributed by atoms with E-state index in [1.54, 1.807) is 12.1 Å². The maximum Gasteiger partial charge on any atom is 0.311 e. The summed E-state index contributed by atoms with van der Waals surface area (Å²) in [5, 5.41) is 19.2. The average Bonchev–Trinajstić information content (AvgIpc) is 2.40. The molecule has 110 valence electrons. The highest BCUT2D eigenvalue weighted by Gasteiger charge is 2.22. The zero-order chi connectivity index (χ0) is 15.6. The van der Waals surface area contributed by atoms with Crippen molar-refractivity contribution in [1.82, 2.24) is 0 Å². The number of hydrogen-bond acceptors (Lipinski definition) is 2. The Morgan fingerprint density at radius 2 is 1.90 bits per heavy atom. The predicted octanol–water partition coefficient (Wildman–Crippen LogP) is 4.07.